The maximum atomic E-state index is 10.6. The lowest BCUT2D eigenvalue weighted by molar-refractivity contribution is -0.144. The number of benzene rings is 1. The maximum absolute atomic E-state index is 10.6. The van der Waals surface area contributed by atoms with Gasteiger partial charge >= 0.3 is 5.97 Å². The average Bonchev–Trinajstić information content (AvgIpc) is 2.20. The fourth-order valence-corrected chi connectivity index (χ4v) is 1.50. The molecule has 0 bridgehead atoms. The van der Waals surface area contributed by atoms with Crippen LogP contribution in [0.1, 0.15) is 12.5 Å². The Labute approximate surface area is 95.6 Å². The summed E-state index contributed by atoms with van der Waals surface area (Å²) in [4.78, 5) is 10.6. The lowest BCUT2D eigenvalue weighted by atomic mass is 10.2. The predicted octanol–water partition coefficient (Wildman–Crippen LogP) is 1.79. The zero-order valence-electron chi connectivity index (χ0n) is 8.11. The quantitative estimate of drug-likeness (QED) is 0.879. The average molecular weight is 275 g/mol. The first-order valence-corrected chi connectivity index (χ1v) is 5.12. The third-order valence-electron chi connectivity index (χ3n) is 1.83. The first-order chi connectivity index (χ1) is 7.04. The van der Waals surface area contributed by atoms with Gasteiger partial charge in [0, 0.05) is 0 Å². The normalized spacial score (nSPS) is 12.2. The van der Waals surface area contributed by atoms with Gasteiger partial charge in [-0.25, -0.2) is 4.79 Å². The molecule has 0 fully saturated rings. The fourth-order valence-electron chi connectivity index (χ4n) is 0.979. The fraction of sp³-hybridized carbons (Fsp3) is 0.300. The molecular formula is C10H11BrO4. The Kier molecular flexibility index (Phi) is 4.11. The van der Waals surface area contributed by atoms with Crippen molar-refractivity contribution < 1.29 is 19.7 Å². The van der Waals surface area contributed by atoms with E-state index >= 15 is 0 Å². The number of halogens is 1. The Morgan fingerprint density at radius 3 is 2.73 bits per heavy atom. The van der Waals surface area contributed by atoms with E-state index in [9.17, 15) is 4.79 Å². The van der Waals surface area contributed by atoms with Crippen molar-refractivity contribution in [2.75, 3.05) is 0 Å². The van der Waals surface area contributed by atoms with Crippen LogP contribution >= 0.6 is 15.9 Å². The summed E-state index contributed by atoms with van der Waals surface area (Å²) in [6.07, 6.45) is -0.902. The topological polar surface area (TPSA) is 66.8 Å². The van der Waals surface area contributed by atoms with E-state index in [1.54, 1.807) is 18.2 Å². The number of carbonyl (C=O) groups is 1. The van der Waals surface area contributed by atoms with Gasteiger partial charge in [0.25, 0.3) is 0 Å². The first-order valence-electron chi connectivity index (χ1n) is 4.33. The van der Waals surface area contributed by atoms with Crippen molar-refractivity contribution in [1.29, 1.82) is 0 Å². The predicted molar refractivity (Wildman–Crippen MR) is 57.8 cm³/mol. The molecule has 82 valence electrons. The molecule has 0 aliphatic heterocycles. The molecule has 0 spiro atoms. The largest absolute Gasteiger partial charge is 0.479 e. The molecule has 1 aromatic rings. The van der Waals surface area contributed by atoms with Crippen molar-refractivity contribution in [2.24, 2.45) is 0 Å². The van der Waals surface area contributed by atoms with E-state index in [0.29, 0.717) is 10.2 Å². The standard InChI is InChI=1S/C10H11BrO4/c1-6(10(13)14)15-9-3-2-7(5-12)4-8(9)11/h2-4,6,12H,5H2,1H3,(H,13,14). The smallest absolute Gasteiger partial charge is 0.344 e. The van der Waals surface area contributed by atoms with Crippen LogP contribution in [0.5, 0.6) is 5.75 Å². The van der Waals surface area contributed by atoms with E-state index in [4.69, 9.17) is 14.9 Å². The molecule has 5 heteroatoms. The minimum absolute atomic E-state index is 0.0621. The summed E-state index contributed by atoms with van der Waals surface area (Å²) in [5, 5.41) is 17.5. The van der Waals surface area contributed by atoms with Crippen molar-refractivity contribution in [3.05, 3.63) is 28.2 Å². The monoisotopic (exact) mass is 274 g/mol. The van der Waals surface area contributed by atoms with Gasteiger partial charge in [-0.15, -0.1) is 0 Å². The second-order valence-corrected chi connectivity index (χ2v) is 3.88. The number of aliphatic hydroxyl groups is 1. The van der Waals surface area contributed by atoms with E-state index in [1.807, 2.05) is 0 Å². The first kappa shape index (κ1) is 12.0. The molecular weight excluding hydrogens is 264 g/mol. The Morgan fingerprint density at radius 1 is 1.60 bits per heavy atom. The Morgan fingerprint density at radius 2 is 2.27 bits per heavy atom. The second kappa shape index (κ2) is 5.14. The number of carboxylic acids is 1. The summed E-state index contributed by atoms with van der Waals surface area (Å²) in [6.45, 7) is 1.39. The van der Waals surface area contributed by atoms with Crippen molar-refractivity contribution in [2.45, 2.75) is 19.6 Å². The van der Waals surface area contributed by atoms with Gasteiger partial charge in [0.05, 0.1) is 11.1 Å². The number of ether oxygens (including phenoxy) is 1. The van der Waals surface area contributed by atoms with Crippen LogP contribution in [0.4, 0.5) is 0 Å². The van der Waals surface area contributed by atoms with Crippen molar-refractivity contribution in [3.63, 3.8) is 0 Å². The van der Waals surface area contributed by atoms with Gasteiger partial charge in [-0.05, 0) is 40.5 Å². The zero-order chi connectivity index (χ0) is 11.4. The van der Waals surface area contributed by atoms with Crippen LogP contribution in [-0.2, 0) is 11.4 Å². The molecule has 0 aromatic heterocycles. The van der Waals surface area contributed by atoms with E-state index < -0.39 is 12.1 Å². The van der Waals surface area contributed by atoms with Gasteiger partial charge < -0.3 is 14.9 Å². The van der Waals surface area contributed by atoms with Crippen LogP contribution in [0.15, 0.2) is 22.7 Å². The summed E-state index contributed by atoms with van der Waals surface area (Å²) >= 11 is 3.24. The molecule has 0 aliphatic carbocycles. The van der Waals surface area contributed by atoms with Crippen LogP contribution in [0.2, 0.25) is 0 Å². The maximum Gasteiger partial charge on any atom is 0.344 e. The molecule has 2 N–H and O–H groups in total. The number of rotatable bonds is 4. The third-order valence-corrected chi connectivity index (χ3v) is 2.45. The van der Waals surface area contributed by atoms with Gasteiger partial charge in [-0.1, -0.05) is 6.07 Å². The summed E-state index contributed by atoms with van der Waals surface area (Å²) < 4.78 is 5.80. The van der Waals surface area contributed by atoms with Crippen LogP contribution in [0.25, 0.3) is 0 Å². The van der Waals surface area contributed by atoms with Crippen LogP contribution in [0, 0.1) is 0 Å². The summed E-state index contributed by atoms with van der Waals surface area (Å²) in [7, 11) is 0. The van der Waals surface area contributed by atoms with E-state index in [1.165, 1.54) is 6.92 Å². The highest BCUT2D eigenvalue weighted by Crippen LogP contribution is 2.26. The van der Waals surface area contributed by atoms with Crippen LogP contribution < -0.4 is 4.74 Å². The minimum Gasteiger partial charge on any atom is -0.479 e. The van der Waals surface area contributed by atoms with Gasteiger partial charge in [0.1, 0.15) is 5.75 Å². The van der Waals surface area contributed by atoms with E-state index in [0.717, 1.165) is 5.56 Å². The zero-order valence-corrected chi connectivity index (χ0v) is 9.69. The van der Waals surface area contributed by atoms with Crippen LogP contribution in [-0.4, -0.2) is 22.3 Å². The molecule has 15 heavy (non-hydrogen) atoms. The molecule has 0 aliphatic rings. The second-order valence-electron chi connectivity index (χ2n) is 3.02. The number of hydrogen-bond acceptors (Lipinski definition) is 3. The Balaban J connectivity index is 2.82. The van der Waals surface area contributed by atoms with E-state index in [-0.39, 0.29) is 6.61 Å². The van der Waals surface area contributed by atoms with Crippen molar-refractivity contribution in [1.82, 2.24) is 0 Å². The Bertz CT molecular complexity index is 364. The van der Waals surface area contributed by atoms with Gasteiger partial charge in [0.15, 0.2) is 6.10 Å². The summed E-state index contributed by atoms with van der Waals surface area (Å²) in [6, 6.07) is 4.98. The highest BCUT2D eigenvalue weighted by molar-refractivity contribution is 9.10. The molecule has 0 radical (unpaired) electrons. The lowest BCUT2D eigenvalue weighted by Crippen LogP contribution is -2.23. The summed E-state index contributed by atoms with van der Waals surface area (Å²) in [5.74, 6) is -0.574. The van der Waals surface area contributed by atoms with Gasteiger partial charge in [-0.2, -0.15) is 0 Å². The molecule has 1 aromatic carbocycles. The Hall–Kier alpha value is -1.07. The molecule has 0 heterocycles. The van der Waals surface area contributed by atoms with Crippen molar-refractivity contribution in [3.8, 4) is 5.75 Å². The van der Waals surface area contributed by atoms with Gasteiger partial charge in [-0.3, -0.25) is 0 Å². The summed E-state index contributed by atoms with van der Waals surface area (Å²) in [5.41, 5.74) is 0.734. The van der Waals surface area contributed by atoms with E-state index in [2.05, 4.69) is 15.9 Å². The van der Waals surface area contributed by atoms with Crippen LogP contribution in [0.3, 0.4) is 0 Å². The van der Waals surface area contributed by atoms with Gasteiger partial charge in [0.2, 0.25) is 0 Å². The molecule has 0 saturated carbocycles. The minimum atomic E-state index is -1.02. The number of aliphatic carboxylic acids is 1. The third kappa shape index (κ3) is 3.21. The number of aliphatic hydroxyl groups excluding tert-OH is 1. The lowest BCUT2D eigenvalue weighted by Gasteiger charge is -2.12. The molecule has 0 amide bonds. The highest BCUT2D eigenvalue weighted by atomic mass is 79.9. The molecule has 1 rings (SSSR count). The number of carboxylic acid groups (broad SMARTS) is 1. The molecule has 4 nitrogen and oxygen atoms in total. The highest BCUT2D eigenvalue weighted by Gasteiger charge is 2.14. The molecule has 1 atom stereocenters. The molecule has 1 unspecified atom stereocenters. The number of hydrogen-bond donors (Lipinski definition) is 2. The molecule has 0 saturated heterocycles. The van der Waals surface area contributed by atoms with Crippen molar-refractivity contribution >= 4 is 21.9 Å². The SMILES string of the molecule is CC(Oc1ccc(CO)cc1Br)C(=O)O.